The topological polar surface area (TPSA) is 9.23 Å². The Bertz CT molecular complexity index is 469. The van der Waals surface area contributed by atoms with E-state index >= 15 is 0 Å². The predicted molar refractivity (Wildman–Crippen MR) is 97.8 cm³/mol. The van der Waals surface area contributed by atoms with E-state index in [9.17, 15) is 4.39 Å². The van der Waals surface area contributed by atoms with Crippen molar-refractivity contribution >= 4 is 0 Å². The van der Waals surface area contributed by atoms with E-state index in [-0.39, 0.29) is 11.9 Å². The summed E-state index contributed by atoms with van der Waals surface area (Å²) in [6.07, 6.45) is 6.61. The van der Waals surface area contributed by atoms with Crippen LogP contribution in [-0.4, -0.2) is 6.10 Å². The Kier molecular flexibility index (Phi) is 7.10. The van der Waals surface area contributed by atoms with Gasteiger partial charge in [0.05, 0.1) is 6.10 Å². The molecule has 0 heterocycles. The van der Waals surface area contributed by atoms with Gasteiger partial charge in [0.15, 0.2) is 11.6 Å². The zero-order valence-corrected chi connectivity index (χ0v) is 16.1. The first-order chi connectivity index (χ1) is 10.6. The molecule has 0 atom stereocenters. The smallest absolute Gasteiger partial charge is 0.167 e. The quantitative estimate of drug-likeness (QED) is 0.392. The molecular formula is C21H35FO. The van der Waals surface area contributed by atoms with Gasteiger partial charge < -0.3 is 4.74 Å². The molecule has 0 saturated heterocycles. The Hall–Kier alpha value is -1.05. The van der Waals surface area contributed by atoms with Crippen molar-refractivity contribution in [2.24, 2.45) is 17.3 Å². The van der Waals surface area contributed by atoms with E-state index in [0.29, 0.717) is 22.7 Å². The minimum atomic E-state index is -0.301. The molecule has 0 bridgehead atoms. The fourth-order valence-corrected chi connectivity index (χ4v) is 3.50. The van der Waals surface area contributed by atoms with E-state index in [2.05, 4.69) is 27.4 Å². The Labute approximate surface area is 142 Å². The third-order valence-electron chi connectivity index (χ3n) is 4.89. The fraction of sp³-hybridized carbons (Fsp3) is 0.714. The molecule has 132 valence electrons. The second-order valence-corrected chi connectivity index (χ2v) is 8.25. The van der Waals surface area contributed by atoms with E-state index < -0.39 is 0 Å². The maximum absolute atomic E-state index is 14.6. The van der Waals surface area contributed by atoms with Crippen LogP contribution in [0.2, 0.25) is 0 Å². The molecule has 1 saturated carbocycles. The van der Waals surface area contributed by atoms with Gasteiger partial charge in [-0.15, -0.1) is 0 Å². The molecule has 0 N–H and O–H groups in total. The lowest BCUT2D eigenvalue weighted by atomic mass is 9.68. The van der Waals surface area contributed by atoms with Crippen molar-refractivity contribution in [2.45, 2.75) is 80.3 Å². The summed E-state index contributed by atoms with van der Waals surface area (Å²) in [5.41, 5.74) is 1.81. The van der Waals surface area contributed by atoms with Gasteiger partial charge in [0.1, 0.15) is 0 Å². The van der Waals surface area contributed by atoms with Crippen LogP contribution >= 0.6 is 0 Å². The van der Waals surface area contributed by atoms with Crippen molar-refractivity contribution in [1.29, 1.82) is 0 Å². The second kappa shape index (κ2) is 8.17. The van der Waals surface area contributed by atoms with Crippen LogP contribution < -0.4 is 0 Å². The average Bonchev–Trinajstić information content (AvgIpc) is 2.45. The molecule has 1 aliphatic rings. The average molecular weight is 323 g/mol. The zero-order valence-electron chi connectivity index (χ0n) is 16.1. The molecule has 0 unspecified atom stereocenters. The summed E-state index contributed by atoms with van der Waals surface area (Å²) in [4.78, 5) is 0. The molecule has 0 aliphatic heterocycles. The van der Waals surface area contributed by atoms with E-state index in [4.69, 9.17) is 4.74 Å². The first kappa shape index (κ1) is 20.0. The van der Waals surface area contributed by atoms with E-state index in [1.165, 1.54) is 12.8 Å². The normalized spacial score (nSPS) is 24.5. The minimum absolute atomic E-state index is 0.0454. The molecule has 1 fully saturated rings. The van der Waals surface area contributed by atoms with Gasteiger partial charge in [-0.05, 0) is 81.8 Å². The number of hydrogen-bond acceptors (Lipinski definition) is 1. The first-order valence-corrected chi connectivity index (χ1v) is 8.96. The van der Waals surface area contributed by atoms with Gasteiger partial charge in [0.25, 0.3) is 0 Å². The van der Waals surface area contributed by atoms with Gasteiger partial charge >= 0.3 is 0 Å². The minimum Gasteiger partial charge on any atom is -0.488 e. The lowest BCUT2D eigenvalue weighted by molar-refractivity contribution is 0.130. The molecule has 0 spiro atoms. The molecule has 2 heteroatoms. The number of ether oxygens (including phenoxy) is 1. The van der Waals surface area contributed by atoms with Crippen LogP contribution in [0.4, 0.5) is 4.39 Å². The SMILES string of the molecule is C=C(C)/C(F)=C(OC(C)C)\C(=C/C)C1CCC(C(C)(C)C)CC1. The van der Waals surface area contributed by atoms with Crippen molar-refractivity contribution in [3.8, 4) is 0 Å². The van der Waals surface area contributed by atoms with Crippen molar-refractivity contribution in [1.82, 2.24) is 0 Å². The molecular weight excluding hydrogens is 287 g/mol. The third kappa shape index (κ3) is 5.51. The van der Waals surface area contributed by atoms with Crippen LogP contribution in [0.5, 0.6) is 0 Å². The molecule has 1 nitrogen and oxygen atoms in total. The molecule has 0 radical (unpaired) electrons. The highest BCUT2D eigenvalue weighted by Crippen LogP contribution is 2.44. The summed E-state index contributed by atoms with van der Waals surface area (Å²) in [5, 5.41) is 0. The summed E-state index contributed by atoms with van der Waals surface area (Å²) < 4.78 is 20.5. The maximum atomic E-state index is 14.6. The van der Waals surface area contributed by atoms with E-state index in [1.807, 2.05) is 26.8 Å². The maximum Gasteiger partial charge on any atom is 0.167 e. The van der Waals surface area contributed by atoms with Gasteiger partial charge in [0, 0.05) is 0 Å². The zero-order chi connectivity index (χ0) is 17.8. The van der Waals surface area contributed by atoms with E-state index in [0.717, 1.165) is 24.3 Å². The molecule has 0 aromatic heterocycles. The van der Waals surface area contributed by atoms with Crippen LogP contribution in [0.1, 0.15) is 74.1 Å². The molecule has 1 rings (SSSR count). The summed E-state index contributed by atoms with van der Waals surface area (Å²) >= 11 is 0. The highest BCUT2D eigenvalue weighted by atomic mass is 19.1. The second-order valence-electron chi connectivity index (χ2n) is 8.25. The molecule has 23 heavy (non-hydrogen) atoms. The molecule has 0 aromatic carbocycles. The largest absolute Gasteiger partial charge is 0.488 e. The Morgan fingerprint density at radius 2 is 1.70 bits per heavy atom. The summed E-state index contributed by atoms with van der Waals surface area (Å²) in [7, 11) is 0. The number of allylic oxidation sites excluding steroid dienone is 4. The lowest BCUT2D eigenvalue weighted by Crippen LogP contribution is -2.27. The fourth-order valence-electron chi connectivity index (χ4n) is 3.50. The summed E-state index contributed by atoms with van der Waals surface area (Å²) in [5.74, 6) is 1.25. The molecule has 0 amide bonds. The van der Waals surface area contributed by atoms with E-state index in [1.54, 1.807) is 6.92 Å². The molecule has 0 aromatic rings. The van der Waals surface area contributed by atoms with Gasteiger partial charge in [0.2, 0.25) is 0 Å². The van der Waals surface area contributed by atoms with Crippen molar-refractivity contribution in [3.05, 3.63) is 35.4 Å². The standard InChI is InChI=1S/C21H35FO/c1-9-18(20(23-15(4)5)19(22)14(2)3)16-10-12-17(13-11-16)21(6,7)8/h9,15-17H,2,10-13H2,1,3-8H3/b18-9-,20-19-. The predicted octanol–water partition coefficient (Wildman–Crippen LogP) is 6.97. The highest BCUT2D eigenvalue weighted by molar-refractivity contribution is 5.37. The monoisotopic (exact) mass is 322 g/mol. The number of hydrogen-bond donors (Lipinski definition) is 0. The first-order valence-electron chi connectivity index (χ1n) is 8.96. The van der Waals surface area contributed by atoms with Crippen molar-refractivity contribution < 1.29 is 9.13 Å². The third-order valence-corrected chi connectivity index (χ3v) is 4.89. The van der Waals surface area contributed by atoms with Gasteiger partial charge in [-0.1, -0.05) is 33.4 Å². The summed E-state index contributed by atoms with van der Waals surface area (Å²) in [6.45, 7) is 18.3. The van der Waals surface area contributed by atoms with Gasteiger partial charge in [-0.2, -0.15) is 0 Å². The van der Waals surface area contributed by atoms with Gasteiger partial charge in [-0.25, -0.2) is 4.39 Å². The van der Waals surface area contributed by atoms with Crippen LogP contribution in [0.25, 0.3) is 0 Å². The van der Waals surface area contributed by atoms with Crippen LogP contribution in [0.3, 0.4) is 0 Å². The lowest BCUT2D eigenvalue weighted by Gasteiger charge is -2.38. The van der Waals surface area contributed by atoms with Crippen LogP contribution in [0, 0.1) is 17.3 Å². The van der Waals surface area contributed by atoms with Gasteiger partial charge in [-0.3, -0.25) is 0 Å². The van der Waals surface area contributed by atoms with Crippen molar-refractivity contribution in [3.63, 3.8) is 0 Å². The van der Waals surface area contributed by atoms with Crippen LogP contribution in [0.15, 0.2) is 35.4 Å². The Morgan fingerprint density at radius 3 is 2.04 bits per heavy atom. The Morgan fingerprint density at radius 1 is 1.17 bits per heavy atom. The molecule has 1 aliphatic carbocycles. The highest BCUT2D eigenvalue weighted by Gasteiger charge is 2.32. The summed E-state index contributed by atoms with van der Waals surface area (Å²) in [6, 6.07) is 0. The Balaban J connectivity index is 2.99. The number of rotatable bonds is 5. The number of halogens is 1. The van der Waals surface area contributed by atoms with Crippen LogP contribution in [-0.2, 0) is 4.74 Å². The van der Waals surface area contributed by atoms with Crippen molar-refractivity contribution in [2.75, 3.05) is 0 Å².